The molecule has 0 radical (unpaired) electrons. The van der Waals surface area contributed by atoms with Crippen molar-refractivity contribution in [2.45, 2.75) is 38.8 Å². The molecule has 182 valence electrons. The quantitative estimate of drug-likeness (QED) is 0.424. The van der Waals surface area contributed by atoms with Gasteiger partial charge in [0.2, 0.25) is 0 Å². The third-order valence-corrected chi connectivity index (χ3v) is 6.64. The number of hydrogen-bond acceptors (Lipinski definition) is 5. The van der Waals surface area contributed by atoms with E-state index in [1.165, 1.54) is 16.0 Å². The minimum atomic E-state index is -0.617. The van der Waals surface area contributed by atoms with Crippen molar-refractivity contribution in [3.05, 3.63) is 89.5 Å². The Bertz CT molecular complexity index is 1140. The molecular weight excluding hydrogens is 442 g/mol. The van der Waals surface area contributed by atoms with Gasteiger partial charge in [-0.2, -0.15) is 0 Å². The molecule has 3 aromatic rings. The van der Waals surface area contributed by atoms with Crippen molar-refractivity contribution < 1.29 is 23.8 Å². The van der Waals surface area contributed by atoms with Crippen molar-refractivity contribution in [3.8, 4) is 16.9 Å². The van der Waals surface area contributed by atoms with Crippen LogP contribution in [-0.4, -0.2) is 43.3 Å². The lowest BCUT2D eigenvalue weighted by Gasteiger charge is -2.24. The molecule has 6 nitrogen and oxygen atoms in total. The summed E-state index contributed by atoms with van der Waals surface area (Å²) in [4.78, 5) is 27.2. The number of benzene rings is 3. The van der Waals surface area contributed by atoms with Crippen molar-refractivity contribution in [1.82, 2.24) is 4.90 Å². The molecule has 1 atom stereocenters. The number of esters is 1. The predicted octanol–water partition coefficient (Wildman–Crippen LogP) is 5.79. The van der Waals surface area contributed by atoms with Crippen molar-refractivity contribution in [2.75, 3.05) is 20.3 Å². The maximum absolute atomic E-state index is 13.0. The molecule has 0 saturated carbocycles. The Morgan fingerprint density at radius 1 is 0.886 bits per heavy atom. The summed E-state index contributed by atoms with van der Waals surface area (Å²) in [6.45, 7) is 0.869. The number of ether oxygens (including phenoxy) is 3. The van der Waals surface area contributed by atoms with Gasteiger partial charge in [-0.25, -0.2) is 9.59 Å². The number of rotatable bonds is 6. The van der Waals surface area contributed by atoms with E-state index in [0.717, 1.165) is 28.9 Å². The molecule has 3 aromatic carbocycles. The second-order valence-electron chi connectivity index (χ2n) is 8.61. The standard InChI is InChI=1S/C28H27NO5.CH4/c1-32-20-14-12-19(13-15-20)17-33-27(30)26-11-6-16-29(26)28(31)34-18-25-23-9-4-2-7-21(23)22-8-3-5-10-24(22)25;/h2-5,7-10,12-15,25-26H,6,11,16-18H2,1H3;1H4/t26-;/m1./s1. The summed E-state index contributed by atoms with van der Waals surface area (Å²) in [5.41, 5.74) is 5.54. The zero-order valence-corrected chi connectivity index (χ0v) is 19.1. The van der Waals surface area contributed by atoms with Crippen LogP contribution in [0.2, 0.25) is 0 Å². The average Bonchev–Trinajstić information content (AvgIpc) is 3.50. The molecular formula is C29H31NO5. The number of fused-ring (bicyclic) bond motifs is 3. The van der Waals surface area contributed by atoms with Crippen LogP contribution in [0.3, 0.4) is 0 Å². The summed E-state index contributed by atoms with van der Waals surface area (Å²) in [5, 5.41) is 0. The molecule has 0 N–H and O–H groups in total. The van der Waals surface area contributed by atoms with Gasteiger partial charge < -0.3 is 14.2 Å². The number of likely N-dealkylation sites (tertiary alicyclic amines) is 1. The second-order valence-corrected chi connectivity index (χ2v) is 8.61. The van der Waals surface area contributed by atoms with E-state index in [4.69, 9.17) is 14.2 Å². The van der Waals surface area contributed by atoms with Crippen LogP contribution in [0.4, 0.5) is 4.79 Å². The number of carbonyl (C=O) groups is 2. The smallest absolute Gasteiger partial charge is 0.410 e. The van der Waals surface area contributed by atoms with Crippen molar-refractivity contribution in [2.24, 2.45) is 0 Å². The molecule has 0 bridgehead atoms. The molecule has 1 amide bonds. The molecule has 1 saturated heterocycles. The highest BCUT2D eigenvalue weighted by molar-refractivity contribution is 5.82. The summed E-state index contributed by atoms with van der Waals surface area (Å²) in [6.07, 6.45) is 0.851. The largest absolute Gasteiger partial charge is 0.497 e. The SMILES string of the molecule is C.COc1ccc(COC(=O)[C@H]2CCCN2C(=O)OCC2c3ccccc3-c3ccccc32)cc1. The average molecular weight is 474 g/mol. The maximum atomic E-state index is 13.0. The third-order valence-electron chi connectivity index (χ3n) is 6.64. The molecule has 35 heavy (non-hydrogen) atoms. The van der Waals surface area contributed by atoms with Gasteiger partial charge in [0, 0.05) is 12.5 Å². The molecule has 1 aliphatic heterocycles. The van der Waals surface area contributed by atoms with Gasteiger partial charge in [0.15, 0.2) is 0 Å². The molecule has 2 aliphatic rings. The lowest BCUT2D eigenvalue weighted by molar-refractivity contribution is -0.149. The molecule has 1 aliphatic carbocycles. The third kappa shape index (κ3) is 4.87. The van der Waals surface area contributed by atoms with E-state index >= 15 is 0 Å². The number of hydrogen-bond donors (Lipinski definition) is 0. The van der Waals surface area contributed by atoms with Gasteiger partial charge in [-0.3, -0.25) is 4.90 Å². The summed E-state index contributed by atoms with van der Waals surface area (Å²) in [5.74, 6) is 0.327. The molecule has 0 aromatic heterocycles. The van der Waals surface area contributed by atoms with E-state index in [2.05, 4.69) is 24.3 Å². The topological polar surface area (TPSA) is 65.1 Å². The van der Waals surface area contributed by atoms with Gasteiger partial charge >= 0.3 is 12.1 Å². The van der Waals surface area contributed by atoms with E-state index < -0.39 is 18.1 Å². The lowest BCUT2D eigenvalue weighted by atomic mass is 9.98. The molecule has 0 spiro atoms. The normalized spacial score (nSPS) is 16.1. The Labute approximate surface area is 206 Å². The van der Waals surface area contributed by atoms with Crippen molar-refractivity contribution in [1.29, 1.82) is 0 Å². The van der Waals surface area contributed by atoms with Crippen LogP contribution < -0.4 is 4.74 Å². The Balaban J connectivity index is 0.00000289. The van der Waals surface area contributed by atoms with Crippen molar-refractivity contribution in [3.63, 3.8) is 0 Å². The monoisotopic (exact) mass is 473 g/mol. The van der Waals surface area contributed by atoms with Gasteiger partial charge in [0.1, 0.15) is 25.0 Å². The molecule has 1 heterocycles. The van der Waals surface area contributed by atoms with Crippen LogP contribution in [-0.2, 0) is 20.9 Å². The summed E-state index contributed by atoms with van der Waals surface area (Å²) in [7, 11) is 1.60. The van der Waals surface area contributed by atoms with Crippen LogP contribution >= 0.6 is 0 Å². The van der Waals surface area contributed by atoms with Crippen LogP contribution in [0.1, 0.15) is 42.9 Å². The van der Waals surface area contributed by atoms with E-state index in [1.807, 2.05) is 48.5 Å². The summed E-state index contributed by atoms with van der Waals surface area (Å²) < 4.78 is 16.4. The van der Waals surface area contributed by atoms with Crippen LogP contribution in [0, 0.1) is 0 Å². The first-order valence-electron chi connectivity index (χ1n) is 11.6. The predicted molar refractivity (Wildman–Crippen MR) is 134 cm³/mol. The number of amides is 1. The Kier molecular flexibility index (Phi) is 7.39. The number of carbonyl (C=O) groups excluding carboxylic acids is 2. The van der Waals surface area contributed by atoms with Gasteiger partial charge in [0.05, 0.1) is 7.11 Å². The van der Waals surface area contributed by atoms with Gasteiger partial charge in [-0.1, -0.05) is 68.1 Å². The van der Waals surface area contributed by atoms with E-state index in [9.17, 15) is 9.59 Å². The summed E-state index contributed by atoms with van der Waals surface area (Å²) >= 11 is 0. The Morgan fingerprint density at radius 2 is 1.51 bits per heavy atom. The van der Waals surface area contributed by atoms with E-state index in [1.54, 1.807) is 7.11 Å². The number of nitrogens with zero attached hydrogens (tertiary/aromatic N) is 1. The van der Waals surface area contributed by atoms with Crippen LogP contribution in [0.15, 0.2) is 72.8 Å². The fourth-order valence-electron chi connectivity index (χ4n) is 4.88. The first-order valence-corrected chi connectivity index (χ1v) is 11.6. The highest BCUT2D eigenvalue weighted by Gasteiger charge is 2.37. The summed E-state index contributed by atoms with van der Waals surface area (Å²) in [6, 6.07) is 23.2. The fraction of sp³-hybridized carbons (Fsp3) is 0.310. The second kappa shape index (κ2) is 10.6. The highest BCUT2D eigenvalue weighted by Crippen LogP contribution is 2.44. The zero-order chi connectivity index (χ0) is 23.5. The minimum absolute atomic E-state index is 0. The molecule has 6 heteroatoms. The van der Waals surface area contributed by atoms with Crippen LogP contribution in [0.5, 0.6) is 5.75 Å². The molecule has 1 fully saturated rings. The fourth-order valence-corrected chi connectivity index (χ4v) is 4.88. The van der Waals surface area contributed by atoms with E-state index in [0.29, 0.717) is 13.0 Å². The first kappa shape index (κ1) is 24.3. The molecule has 0 unspecified atom stereocenters. The number of methoxy groups -OCH3 is 1. The van der Waals surface area contributed by atoms with E-state index in [-0.39, 0.29) is 26.6 Å². The Hall–Kier alpha value is -3.80. The Morgan fingerprint density at radius 3 is 2.14 bits per heavy atom. The zero-order valence-electron chi connectivity index (χ0n) is 19.1. The maximum Gasteiger partial charge on any atom is 0.410 e. The minimum Gasteiger partial charge on any atom is -0.497 e. The lowest BCUT2D eigenvalue weighted by Crippen LogP contribution is -2.42. The molecule has 5 rings (SSSR count). The highest BCUT2D eigenvalue weighted by atomic mass is 16.6. The van der Waals surface area contributed by atoms with Crippen molar-refractivity contribution >= 4 is 12.1 Å². The van der Waals surface area contributed by atoms with Crippen LogP contribution in [0.25, 0.3) is 11.1 Å². The van der Waals surface area contributed by atoms with Gasteiger partial charge in [0.25, 0.3) is 0 Å². The van der Waals surface area contributed by atoms with Gasteiger partial charge in [-0.15, -0.1) is 0 Å². The first-order chi connectivity index (χ1) is 16.7. The van der Waals surface area contributed by atoms with Gasteiger partial charge in [-0.05, 0) is 52.8 Å².